The molecule has 1 aromatic rings. The first-order valence-electron chi connectivity index (χ1n) is 5.61. The maximum atomic E-state index is 5.68. The third kappa shape index (κ3) is 3.24. The van der Waals surface area contributed by atoms with Gasteiger partial charge in [0.25, 0.3) is 0 Å². The van der Waals surface area contributed by atoms with E-state index in [1.165, 1.54) is 5.56 Å². The Morgan fingerprint density at radius 3 is 2.67 bits per heavy atom. The minimum atomic E-state index is 0.482. The van der Waals surface area contributed by atoms with Gasteiger partial charge in [-0.3, -0.25) is 0 Å². The van der Waals surface area contributed by atoms with E-state index in [0.717, 1.165) is 12.3 Å². The van der Waals surface area contributed by atoms with Gasteiger partial charge in [-0.1, -0.05) is 26.0 Å². The van der Waals surface area contributed by atoms with Crippen LogP contribution in [0.3, 0.4) is 0 Å². The molecule has 0 spiro atoms. The molecule has 2 heteroatoms. The third-order valence-electron chi connectivity index (χ3n) is 2.92. The molecule has 0 heterocycles. The quantitative estimate of drug-likeness (QED) is 0.805. The van der Waals surface area contributed by atoms with Gasteiger partial charge in [-0.15, -0.1) is 0 Å². The molecule has 0 amide bonds. The summed E-state index contributed by atoms with van der Waals surface area (Å²) in [6.45, 7) is 7.82. The summed E-state index contributed by atoms with van der Waals surface area (Å²) in [5, 5.41) is 0. The summed E-state index contributed by atoms with van der Waals surface area (Å²) in [5.41, 5.74) is 6.98. The van der Waals surface area contributed by atoms with E-state index in [0.29, 0.717) is 18.4 Å². The van der Waals surface area contributed by atoms with Crippen LogP contribution >= 0.6 is 0 Å². The van der Waals surface area contributed by atoms with Crippen LogP contribution in [-0.2, 0) is 0 Å². The Morgan fingerprint density at radius 1 is 1.33 bits per heavy atom. The van der Waals surface area contributed by atoms with Crippen LogP contribution in [0.2, 0.25) is 0 Å². The van der Waals surface area contributed by atoms with E-state index < -0.39 is 0 Å². The average molecular weight is 207 g/mol. The van der Waals surface area contributed by atoms with Crippen LogP contribution < -0.4 is 10.5 Å². The van der Waals surface area contributed by atoms with Gasteiger partial charge in [0.15, 0.2) is 0 Å². The summed E-state index contributed by atoms with van der Waals surface area (Å²) < 4.78 is 5.48. The molecule has 0 aliphatic carbocycles. The molecule has 2 N–H and O–H groups in total. The second-order valence-corrected chi connectivity index (χ2v) is 4.01. The lowest BCUT2D eigenvalue weighted by Gasteiger charge is -2.19. The first kappa shape index (κ1) is 12.1. The van der Waals surface area contributed by atoms with Crippen LogP contribution in [0.1, 0.15) is 32.3 Å². The fourth-order valence-corrected chi connectivity index (χ4v) is 1.59. The summed E-state index contributed by atoms with van der Waals surface area (Å²) in [6, 6.07) is 8.28. The molecule has 0 saturated carbocycles. The number of nitrogens with two attached hydrogens (primary N) is 1. The smallest absolute Gasteiger partial charge is 0.119 e. The largest absolute Gasteiger partial charge is 0.494 e. The van der Waals surface area contributed by atoms with E-state index in [2.05, 4.69) is 26.0 Å². The van der Waals surface area contributed by atoms with Crippen molar-refractivity contribution in [2.24, 2.45) is 11.7 Å². The summed E-state index contributed by atoms with van der Waals surface area (Å²) in [6.07, 6.45) is 0. The fourth-order valence-electron chi connectivity index (χ4n) is 1.59. The lowest BCUT2D eigenvalue weighted by molar-refractivity contribution is 0.339. The molecule has 0 bridgehead atoms. The third-order valence-corrected chi connectivity index (χ3v) is 2.92. The lowest BCUT2D eigenvalue weighted by atomic mass is 9.89. The zero-order valence-electron chi connectivity index (χ0n) is 9.86. The molecule has 0 aliphatic rings. The Labute approximate surface area is 92.4 Å². The van der Waals surface area contributed by atoms with Crippen LogP contribution in [-0.4, -0.2) is 13.2 Å². The van der Waals surface area contributed by atoms with Crippen molar-refractivity contribution in [2.45, 2.75) is 26.7 Å². The number of rotatable bonds is 5. The Balaban J connectivity index is 2.80. The number of hydrogen-bond acceptors (Lipinski definition) is 2. The molecule has 1 aromatic carbocycles. The Morgan fingerprint density at radius 2 is 2.07 bits per heavy atom. The predicted molar refractivity (Wildman–Crippen MR) is 64.2 cm³/mol. The van der Waals surface area contributed by atoms with Crippen molar-refractivity contribution in [3.8, 4) is 5.75 Å². The van der Waals surface area contributed by atoms with E-state index in [1.54, 1.807) is 0 Å². The summed E-state index contributed by atoms with van der Waals surface area (Å²) in [5.74, 6) is 1.93. The van der Waals surface area contributed by atoms with Gasteiger partial charge >= 0.3 is 0 Å². The Bertz CT molecular complexity index is 298. The van der Waals surface area contributed by atoms with Crippen molar-refractivity contribution in [1.29, 1.82) is 0 Å². The molecule has 0 aromatic heterocycles. The van der Waals surface area contributed by atoms with E-state index in [9.17, 15) is 0 Å². The summed E-state index contributed by atoms with van der Waals surface area (Å²) >= 11 is 0. The number of benzene rings is 1. The van der Waals surface area contributed by atoms with Crippen LogP contribution in [0, 0.1) is 5.92 Å². The lowest BCUT2D eigenvalue weighted by Crippen LogP contribution is -2.17. The van der Waals surface area contributed by atoms with E-state index in [1.807, 2.05) is 19.1 Å². The number of hydrogen-bond donors (Lipinski definition) is 1. The maximum absolute atomic E-state index is 5.68. The molecular formula is C13H21NO. The number of ether oxygens (including phenoxy) is 1. The van der Waals surface area contributed by atoms with Gasteiger partial charge in [0.05, 0.1) is 6.61 Å². The molecule has 2 unspecified atom stereocenters. The SMILES string of the molecule is CCOc1cccc(C(C)C(C)CN)c1. The molecule has 0 saturated heterocycles. The van der Waals surface area contributed by atoms with Gasteiger partial charge in [0, 0.05) is 0 Å². The molecule has 2 atom stereocenters. The molecule has 0 aliphatic heterocycles. The molecule has 0 fully saturated rings. The van der Waals surface area contributed by atoms with Gasteiger partial charge < -0.3 is 10.5 Å². The maximum Gasteiger partial charge on any atom is 0.119 e. The molecule has 1 rings (SSSR count). The Hall–Kier alpha value is -1.02. The normalized spacial score (nSPS) is 14.7. The highest BCUT2D eigenvalue weighted by molar-refractivity contribution is 5.30. The average Bonchev–Trinajstić information content (AvgIpc) is 2.28. The van der Waals surface area contributed by atoms with Crippen LogP contribution in [0.5, 0.6) is 5.75 Å². The van der Waals surface area contributed by atoms with Crippen molar-refractivity contribution in [1.82, 2.24) is 0 Å². The van der Waals surface area contributed by atoms with Crippen molar-refractivity contribution in [2.75, 3.05) is 13.2 Å². The summed E-state index contributed by atoms with van der Waals surface area (Å²) in [4.78, 5) is 0. The minimum Gasteiger partial charge on any atom is -0.494 e. The van der Waals surface area contributed by atoms with Crippen molar-refractivity contribution >= 4 is 0 Å². The van der Waals surface area contributed by atoms with E-state index in [4.69, 9.17) is 10.5 Å². The highest BCUT2D eigenvalue weighted by atomic mass is 16.5. The van der Waals surface area contributed by atoms with Crippen molar-refractivity contribution in [3.63, 3.8) is 0 Å². The van der Waals surface area contributed by atoms with Gasteiger partial charge in [-0.2, -0.15) is 0 Å². The highest BCUT2D eigenvalue weighted by Crippen LogP contribution is 2.26. The van der Waals surface area contributed by atoms with E-state index in [-0.39, 0.29) is 0 Å². The minimum absolute atomic E-state index is 0.482. The van der Waals surface area contributed by atoms with E-state index >= 15 is 0 Å². The van der Waals surface area contributed by atoms with Gasteiger partial charge in [0.1, 0.15) is 5.75 Å². The summed E-state index contributed by atoms with van der Waals surface area (Å²) in [7, 11) is 0. The first-order valence-corrected chi connectivity index (χ1v) is 5.61. The molecule has 0 radical (unpaired) electrons. The fraction of sp³-hybridized carbons (Fsp3) is 0.538. The van der Waals surface area contributed by atoms with Crippen LogP contribution in [0.4, 0.5) is 0 Å². The topological polar surface area (TPSA) is 35.2 Å². The van der Waals surface area contributed by atoms with Crippen molar-refractivity contribution < 1.29 is 4.74 Å². The van der Waals surface area contributed by atoms with Crippen LogP contribution in [0.25, 0.3) is 0 Å². The second kappa shape index (κ2) is 5.76. The first-order chi connectivity index (χ1) is 7.19. The molecule has 84 valence electrons. The van der Waals surface area contributed by atoms with Crippen molar-refractivity contribution in [3.05, 3.63) is 29.8 Å². The zero-order valence-corrected chi connectivity index (χ0v) is 9.86. The Kier molecular flexibility index (Phi) is 4.63. The highest BCUT2D eigenvalue weighted by Gasteiger charge is 2.13. The standard InChI is InChI=1S/C13H21NO/c1-4-15-13-7-5-6-12(8-13)11(3)10(2)9-14/h5-8,10-11H,4,9,14H2,1-3H3. The predicted octanol–water partition coefficient (Wildman–Crippen LogP) is 2.78. The molecular weight excluding hydrogens is 186 g/mol. The van der Waals surface area contributed by atoms with Gasteiger partial charge in [-0.05, 0) is 43.0 Å². The van der Waals surface area contributed by atoms with Crippen LogP contribution in [0.15, 0.2) is 24.3 Å². The molecule has 2 nitrogen and oxygen atoms in total. The van der Waals surface area contributed by atoms with Gasteiger partial charge in [-0.25, -0.2) is 0 Å². The molecule has 15 heavy (non-hydrogen) atoms. The second-order valence-electron chi connectivity index (χ2n) is 4.01. The monoisotopic (exact) mass is 207 g/mol. The zero-order chi connectivity index (χ0) is 11.3. The van der Waals surface area contributed by atoms with Gasteiger partial charge in [0.2, 0.25) is 0 Å².